The van der Waals surface area contributed by atoms with Gasteiger partial charge in [0, 0.05) is 36.6 Å². The van der Waals surface area contributed by atoms with E-state index in [1.807, 2.05) is 24.3 Å². The smallest absolute Gasteiger partial charge is 0.238 e. The number of methoxy groups -OCH3 is 1. The molecule has 1 unspecified atom stereocenters. The van der Waals surface area contributed by atoms with Crippen LogP contribution in [0, 0.1) is 13.8 Å². The zero-order valence-electron chi connectivity index (χ0n) is 17.3. The molecule has 1 fully saturated rings. The molecule has 8 heteroatoms. The molecule has 0 spiro atoms. The molecule has 1 saturated heterocycles. The number of aliphatic hydroxyl groups excluding tert-OH is 1. The average molecular weight is 417 g/mol. The highest BCUT2D eigenvalue weighted by atomic mass is 32.2. The van der Waals surface area contributed by atoms with Crippen LogP contribution in [0.1, 0.15) is 16.8 Å². The molecule has 1 atom stereocenters. The van der Waals surface area contributed by atoms with Crippen molar-refractivity contribution in [2.75, 3.05) is 43.3 Å². The van der Waals surface area contributed by atoms with Crippen LogP contribution in [0.4, 0.5) is 11.4 Å². The van der Waals surface area contributed by atoms with Gasteiger partial charge in [0.2, 0.25) is 11.0 Å². The molecule has 7 nitrogen and oxygen atoms in total. The lowest BCUT2D eigenvalue weighted by Gasteiger charge is -2.41. The first kappa shape index (κ1) is 21.4. The molecule has 29 heavy (non-hydrogen) atoms. The minimum Gasteiger partial charge on any atom is -0.479 e. The highest BCUT2D eigenvalue weighted by molar-refractivity contribution is 8.13. The molecule has 1 aromatic carbocycles. The van der Waals surface area contributed by atoms with Crippen LogP contribution in [0.2, 0.25) is 0 Å². The summed E-state index contributed by atoms with van der Waals surface area (Å²) in [6, 6.07) is 9.87. The fourth-order valence-corrected chi connectivity index (χ4v) is 3.89. The number of carbonyl (C=O) groups is 1. The second kappa shape index (κ2) is 9.47. The molecule has 156 valence electrons. The van der Waals surface area contributed by atoms with Crippen LogP contribution >= 0.6 is 11.8 Å². The lowest BCUT2D eigenvalue weighted by atomic mass is 10.1. The number of hydrazine groups is 1. The van der Waals surface area contributed by atoms with Gasteiger partial charge in [-0.05, 0) is 38.3 Å². The fourth-order valence-electron chi connectivity index (χ4n) is 3.42. The Hall–Kier alpha value is -2.29. The molecular weight excluding hydrogens is 388 g/mol. The minimum atomic E-state index is -0.330. The van der Waals surface area contributed by atoms with Crippen molar-refractivity contribution in [3.05, 3.63) is 47.2 Å². The van der Waals surface area contributed by atoms with Crippen molar-refractivity contribution in [3.8, 4) is 5.88 Å². The highest BCUT2D eigenvalue weighted by Gasteiger charge is 2.33. The van der Waals surface area contributed by atoms with Gasteiger partial charge < -0.3 is 20.2 Å². The summed E-state index contributed by atoms with van der Waals surface area (Å²) in [5.74, 6) is 0.441. The standard InChI is InChI=1S/C21H28N4O3S/c1-14-5-7-17(8-6-14)24-9-10-25(19(12-24)21(27)29-4)23-18-11-16(13-26)15(2)22-20(18)28-3/h5-8,11,19,23,26H,9-10,12-13H2,1-4H3. The van der Waals surface area contributed by atoms with Crippen molar-refractivity contribution in [1.82, 2.24) is 9.99 Å². The zero-order valence-corrected chi connectivity index (χ0v) is 18.1. The van der Waals surface area contributed by atoms with Gasteiger partial charge in [-0.1, -0.05) is 29.5 Å². The normalized spacial score (nSPS) is 17.3. The number of hydrogen-bond donors (Lipinski definition) is 2. The quantitative estimate of drug-likeness (QED) is 0.744. The Morgan fingerprint density at radius 2 is 2.03 bits per heavy atom. The number of rotatable bonds is 6. The van der Waals surface area contributed by atoms with E-state index in [-0.39, 0.29) is 17.8 Å². The lowest BCUT2D eigenvalue weighted by molar-refractivity contribution is -0.115. The van der Waals surface area contributed by atoms with Gasteiger partial charge in [0.1, 0.15) is 11.7 Å². The van der Waals surface area contributed by atoms with E-state index in [1.54, 1.807) is 7.11 Å². The summed E-state index contributed by atoms with van der Waals surface area (Å²) in [7, 11) is 1.56. The molecule has 2 heterocycles. The Labute approximate surface area is 176 Å². The van der Waals surface area contributed by atoms with Crippen molar-refractivity contribution in [1.29, 1.82) is 0 Å². The number of nitrogens with zero attached hydrogens (tertiary/aromatic N) is 3. The Balaban J connectivity index is 1.84. The van der Waals surface area contributed by atoms with E-state index in [2.05, 4.69) is 46.5 Å². The molecule has 1 aliphatic heterocycles. The van der Waals surface area contributed by atoms with E-state index >= 15 is 0 Å². The van der Waals surface area contributed by atoms with Crippen LogP contribution in [-0.2, 0) is 11.4 Å². The monoisotopic (exact) mass is 416 g/mol. The molecule has 0 radical (unpaired) electrons. The maximum Gasteiger partial charge on any atom is 0.238 e. The summed E-state index contributed by atoms with van der Waals surface area (Å²) in [6.07, 6.45) is 1.81. The Morgan fingerprint density at radius 3 is 2.66 bits per heavy atom. The summed E-state index contributed by atoms with van der Waals surface area (Å²) in [5.41, 5.74) is 7.74. The summed E-state index contributed by atoms with van der Waals surface area (Å²) in [6.45, 7) is 5.81. The van der Waals surface area contributed by atoms with Gasteiger partial charge in [-0.2, -0.15) is 0 Å². The first-order valence-corrected chi connectivity index (χ1v) is 10.8. The second-order valence-corrected chi connectivity index (χ2v) is 7.88. The first-order chi connectivity index (χ1) is 14.0. The molecule has 1 aliphatic rings. The van der Waals surface area contributed by atoms with Crippen molar-refractivity contribution in [3.63, 3.8) is 0 Å². The maximum atomic E-state index is 12.7. The molecule has 2 N–H and O–H groups in total. The molecule has 0 bridgehead atoms. The zero-order chi connectivity index (χ0) is 21.0. The van der Waals surface area contributed by atoms with Crippen LogP contribution in [-0.4, -0.2) is 59.3 Å². The summed E-state index contributed by atoms with van der Waals surface area (Å²) < 4.78 is 5.41. The van der Waals surface area contributed by atoms with E-state index in [1.165, 1.54) is 17.3 Å². The predicted octanol–water partition coefficient (Wildman–Crippen LogP) is 2.61. The SMILES string of the molecule is COc1nc(C)c(CO)cc1NN1CCN(c2ccc(C)cc2)CC1C(=O)SC. The van der Waals surface area contributed by atoms with E-state index < -0.39 is 0 Å². The van der Waals surface area contributed by atoms with Gasteiger partial charge in [0.05, 0.1) is 13.7 Å². The lowest BCUT2D eigenvalue weighted by Crippen LogP contribution is -2.58. The molecule has 0 amide bonds. The number of aromatic nitrogens is 1. The third-order valence-electron chi connectivity index (χ3n) is 5.16. The summed E-state index contributed by atoms with van der Waals surface area (Å²) >= 11 is 1.23. The maximum absolute atomic E-state index is 12.7. The molecule has 0 aliphatic carbocycles. The van der Waals surface area contributed by atoms with Crippen molar-refractivity contribution in [2.45, 2.75) is 26.5 Å². The van der Waals surface area contributed by atoms with Crippen LogP contribution in [0.15, 0.2) is 30.3 Å². The van der Waals surface area contributed by atoms with E-state index in [0.717, 1.165) is 23.5 Å². The van der Waals surface area contributed by atoms with E-state index in [9.17, 15) is 9.90 Å². The number of nitrogens with one attached hydrogen (secondary N) is 1. The van der Waals surface area contributed by atoms with Gasteiger partial charge in [0.15, 0.2) is 0 Å². The summed E-state index contributed by atoms with van der Waals surface area (Å²) in [4.78, 5) is 19.4. The van der Waals surface area contributed by atoms with Crippen molar-refractivity contribution < 1.29 is 14.6 Å². The van der Waals surface area contributed by atoms with E-state index in [0.29, 0.717) is 24.7 Å². The molecular formula is C21H28N4O3S. The van der Waals surface area contributed by atoms with E-state index in [4.69, 9.17) is 4.74 Å². The van der Waals surface area contributed by atoms with Crippen molar-refractivity contribution >= 4 is 28.3 Å². The number of benzene rings is 1. The highest BCUT2D eigenvalue weighted by Crippen LogP contribution is 2.28. The third-order valence-corrected chi connectivity index (χ3v) is 5.84. The van der Waals surface area contributed by atoms with Gasteiger partial charge in [-0.3, -0.25) is 4.79 Å². The Kier molecular flexibility index (Phi) is 7.00. The Bertz CT molecular complexity index is 860. The van der Waals surface area contributed by atoms with Crippen LogP contribution in [0.25, 0.3) is 0 Å². The molecule has 1 aromatic heterocycles. The van der Waals surface area contributed by atoms with Gasteiger partial charge >= 0.3 is 0 Å². The number of thioether (sulfide) groups is 1. The van der Waals surface area contributed by atoms with Gasteiger partial charge in [-0.25, -0.2) is 9.99 Å². The largest absolute Gasteiger partial charge is 0.479 e. The average Bonchev–Trinajstić information content (AvgIpc) is 2.74. The molecule has 3 rings (SSSR count). The number of anilines is 2. The van der Waals surface area contributed by atoms with Crippen LogP contribution < -0.4 is 15.1 Å². The van der Waals surface area contributed by atoms with Crippen LogP contribution in [0.3, 0.4) is 0 Å². The molecule has 2 aromatic rings. The fraction of sp³-hybridized carbons (Fsp3) is 0.429. The number of carbonyl (C=O) groups excluding carboxylic acids is 1. The van der Waals surface area contributed by atoms with Gasteiger partial charge in [0.25, 0.3) is 0 Å². The third kappa shape index (κ3) is 4.83. The minimum absolute atomic E-state index is 0.0933. The number of piperazine rings is 1. The van der Waals surface area contributed by atoms with Crippen molar-refractivity contribution in [2.24, 2.45) is 0 Å². The number of ether oxygens (including phenoxy) is 1. The number of hydrogen-bond acceptors (Lipinski definition) is 8. The molecule has 0 saturated carbocycles. The number of pyridine rings is 1. The van der Waals surface area contributed by atoms with Gasteiger partial charge in [-0.15, -0.1) is 0 Å². The topological polar surface area (TPSA) is 77.9 Å². The Morgan fingerprint density at radius 1 is 1.31 bits per heavy atom. The predicted molar refractivity (Wildman–Crippen MR) is 117 cm³/mol. The number of aliphatic hydroxyl groups is 1. The second-order valence-electron chi connectivity index (χ2n) is 7.07. The number of aryl methyl sites for hydroxylation is 2. The summed E-state index contributed by atoms with van der Waals surface area (Å²) in [5, 5.41) is 11.6. The first-order valence-electron chi connectivity index (χ1n) is 9.55. The van der Waals surface area contributed by atoms with Crippen LogP contribution in [0.5, 0.6) is 5.88 Å².